The van der Waals surface area contributed by atoms with Crippen molar-refractivity contribution in [1.29, 1.82) is 0 Å². The van der Waals surface area contributed by atoms with Crippen LogP contribution in [0, 0.1) is 29.6 Å². The highest BCUT2D eigenvalue weighted by atomic mass is 16.6. The lowest BCUT2D eigenvalue weighted by molar-refractivity contribution is -0.303. The Labute approximate surface area is 263 Å². The van der Waals surface area contributed by atoms with Gasteiger partial charge in [-0.3, -0.25) is 9.59 Å². The summed E-state index contributed by atoms with van der Waals surface area (Å²) < 4.78 is 22.0. The van der Waals surface area contributed by atoms with E-state index >= 15 is 0 Å². The van der Waals surface area contributed by atoms with Crippen LogP contribution in [0.15, 0.2) is 23.8 Å². The van der Waals surface area contributed by atoms with E-state index in [4.69, 9.17) is 18.9 Å². The number of carbonyl (C=O) groups is 3. The largest absolute Gasteiger partial charge is 0.463 e. The minimum absolute atomic E-state index is 0.171. The summed E-state index contributed by atoms with van der Waals surface area (Å²) in [5.74, 6) is -9.85. The molecule has 0 aromatic rings. The number of Topliss-reactive ketones (excluding diaryl/α,β-unsaturated/α-hetero) is 2. The Kier molecular flexibility index (Phi) is 11.6. The molecule has 256 valence electrons. The number of esters is 1. The number of hydrogen-bond donors (Lipinski definition) is 6. The molecule has 4 aliphatic heterocycles. The molecule has 14 atom stereocenters. The first-order valence-corrected chi connectivity index (χ1v) is 15.4. The number of aliphatic hydroxyl groups excluding tert-OH is 4. The van der Waals surface area contributed by atoms with Gasteiger partial charge in [0.05, 0.1) is 36.9 Å². The second-order valence-electron chi connectivity index (χ2n) is 13.2. The van der Waals surface area contributed by atoms with Gasteiger partial charge in [-0.15, -0.1) is 0 Å². The van der Waals surface area contributed by atoms with Crippen molar-refractivity contribution in [2.75, 3.05) is 20.3 Å². The molecular weight excluding hydrogens is 592 g/mol. The fraction of sp³-hybridized carbons (Fsp3) is 0.781. The Bertz CT molecular complexity index is 1170. The first kappa shape index (κ1) is 37.4. The number of epoxide rings is 1. The van der Waals surface area contributed by atoms with E-state index in [1.54, 1.807) is 19.9 Å². The summed E-state index contributed by atoms with van der Waals surface area (Å²) >= 11 is 0. The van der Waals surface area contributed by atoms with E-state index in [1.165, 1.54) is 34.0 Å². The summed E-state index contributed by atoms with van der Waals surface area (Å²) in [6.45, 7) is 9.49. The number of hydrogen-bond acceptors (Lipinski definition) is 13. The van der Waals surface area contributed by atoms with Gasteiger partial charge in [-0.05, 0) is 26.3 Å². The zero-order valence-corrected chi connectivity index (χ0v) is 27.2. The Hall–Kier alpha value is -2.07. The highest BCUT2D eigenvalue weighted by molar-refractivity contribution is 5.91. The van der Waals surface area contributed by atoms with Gasteiger partial charge in [0.1, 0.15) is 24.1 Å². The van der Waals surface area contributed by atoms with Crippen LogP contribution in [-0.4, -0.2) is 122 Å². The SMILES string of the molecule is C/C=C\[C@H](C)[C@H]1O[C@]1(C)[C@H](O)[C@H]1COC(=O)[C@H](O)[C@@H](OC)[C@H](C)C(=O)[C@H](C)[C@@H](O)/C(C)=C\[C@H](C)[C@]2(O)C[C@H](O)[C@@](O)(CO2)C1=O. The Morgan fingerprint density at radius 1 is 1.07 bits per heavy atom. The predicted molar refractivity (Wildman–Crippen MR) is 158 cm³/mol. The van der Waals surface area contributed by atoms with E-state index in [2.05, 4.69) is 0 Å². The topological polar surface area (TPSA) is 213 Å². The number of fused-ring (bicyclic) bond motifs is 14. The van der Waals surface area contributed by atoms with Crippen LogP contribution in [0.4, 0.5) is 0 Å². The van der Waals surface area contributed by atoms with E-state index in [0.29, 0.717) is 0 Å². The third kappa shape index (κ3) is 7.12. The molecule has 0 saturated carbocycles. The van der Waals surface area contributed by atoms with Crippen molar-refractivity contribution in [1.82, 2.24) is 0 Å². The van der Waals surface area contributed by atoms with Crippen LogP contribution in [0.3, 0.4) is 0 Å². The first-order chi connectivity index (χ1) is 20.8. The number of ether oxygens (including phenoxy) is 4. The number of methoxy groups -OCH3 is 1. The summed E-state index contributed by atoms with van der Waals surface area (Å²) in [6.07, 6.45) is -4.31. The maximum absolute atomic E-state index is 14.0. The highest BCUT2D eigenvalue weighted by Crippen LogP contribution is 2.47. The van der Waals surface area contributed by atoms with Crippen molar-refractivity contribution < 1.29 is 64.0 Å². The average molecular weight is 643 g/mol. The summed E-state index contributed by atoms with van der Waals surface area (Å²) in [5.41, 5.74) is -3.65. The van der Waals surface area contributed by atoms with Crippen molar-refractivity contribution in [3.8, 4) is 0 Å². The van der Waals surface area contributed by atoms with Crippen LogP contribution in [0.1, 0.15) is 54.9 Å². The molecule has 4 heterocycles. The number of rotatable bonds is 5. The Balaban J connectivity index is 2.07. The van der Waals surface area contributed by atoms with E-state index in [-0.39, 0.29) is 11.5 Å². The van der Waals surface area contributed by atoms with Gasteiger partial charge in [-0.1, -0.05) is 45.9 Å². The fourth-order valence-corrected chi connectivity index (χ4v) is 6.68. The molecule has 0 amide bonds. The molecular formula is C32H50O13. The Morgan fingerprint density at radius 3 is 2.24 bits per heavy atom. The summed E-state index contributed by atoms with van der Waals surface area (Å²) in [7, 11) is 1.19. The average Bonchev–Trinajstić information content (AvgIpc) is 3.70. The van der Waals surface area contributed by atoms with Crippen LogP contribution < -0.4 is 0 Å². The lowest BCUT2D eigenvalue weighted by atomic mass is 9.74. The normalized spacial score (nSPS) is 46.6. The minimum Gasteiger partial charge on any atom is -0.463 e. The third-order valence-corrected chi connectivity index (χ3v) is 9.96. The van der Waals surface area contributed by atoms with Crippen LogP contribution in [0.2, 0.25) is 0 Å². The smallest absolute Gasteiger partial charge is 0.337 e. The van der Waals surface area contributed by atoms with Crippen molar-refractivity contribution in [3.63, 3.8) is 0 Å². The van der Waals surface area contributed by atoms with Crippen molar-refractivity contribution >= 4 is 17.5 Å². The summed E-state index contributed by atoms with van der Waals surface area (Å²) in [4.78, 5) is 40.4. The zero-order valence-electron chi connectivity index (χ0n) is 27.2. The number of allylic oxidation sites excluding steroid dienone is 1. The van der Waals surface area contributed by atoms with E-state index in [9.17, 15) is 45.0 Å². The molecule has 0 unspecified atom stereocenters. The number of aliphatic hydroxyl groups is 6. The number of carbonyl (C=O) groups excluding carboxylic acids is 3. The molecule has 0 radical (unpaired) electrons. The van der Waals surface area contributed by atoms with Crippen LogP contribution in [-0.2, 0) is 33.3 Å². The molecule has 0 spiro atoms. The summed E-state index contributed by atoms with van der Waals surface area (Å²) in [5, 5.41) is 67.3. The first-order valence-electron chi connectivity index (χ1n) is 15.4. The van der Waals surface area contributed by atoms with E-state index < -0.39 is 114 Å². The van der Waals surface area contributed by atoms with Gasteiger partial charge in [0, 0.05) is 37.2 Å². The quantitative estimate of drug-likeness (QED) is 0.131. The third-order valence-electron chi connectivity index (χ3n) is 9.96. The van der Waals surface area contributed by atoms with Gasteiger partial charge in [0.25, 0.3) is 0 Å². The maximum Gasteiger partial charge on any atom is 0.337 e. The van der Waals surface area contributed by atoms with E-state index in [1.807, 2.05) is 19.9 Å². The molecule has 6 N–H and O–H groups in total. The molecule has 13 heteroatoms. The molecule has 2 saturated heterocycles. The lowest BCUT2D eigenvalue weighted by Crippen LogP contribution is -2.66. The van der Waals surface area contributed by atoms with Gasteiger partial charge in [0.15, 0.2) is 23.3 Å². The van der Waals surface area contributed by atoms with Gasteiger partial charge in [-0.25, -0.2) is 4.79 Å². The van der Waals surface area contributed by atoms with Crippen molar-refractivity contribution in [2.24, 2.45) is 29.6 Å². The minimum atomic E-state index is -2.63. The molecule has 0 aromatic heterocycles. The van der Waals surface area contributed by atoms with Gasteiger partial charge in [0.2, 0.25) is 0 Å². The van der Waals surface area contributed by atoms with Crippen LogP contribution in [0.25, 0.3) is 0 Å². The molecule has 0 aromatic carbocycles. The highest BCUT2D eigenvalue weighted by Gasteiger charge is 2.64. The predicted octanol–water partition coefficient (Wildman–Crippen LogP) is -0.179. The molecule has 4 aliphatic rings. The van der Waals surface area contributed by atoms with Crippen LogP contribution in [0.5, 0.6) is 0 Å². The number of ketones is 2. The fourth-order valence-electron chi connectivity index (χ4n) is 6.68. The van der Waals surface area contributed by atoms with Crippen molar-refractivity contribution in [2.45, 2.75) is 108 Å². The monoisotopic (exact) mass is 642 g/mol. The molecule has 2 bridgehead atoms. The van der Waals surface area contributed by atoms with Crippen molar-refractivity contribution in [3.05, 3.63) is 23.8 Å². The second-order valence-corrected chi connectivity index (χ2v) is 13.2. The van der Waals surface area contributed by atoms with E-state index in [0.717, 1.165) is 0 Å². The zero-order chi connectivity index (χ0) is 34.2. The molecule has 2 fully saturated rings. The molecule has 45 heavy (non-hydrogen) atoms. The molecule has 13 nitrogen and oxygen atoms in total. The second kappa shape index (κ2) is 14.0. The molecule has 4 rings (SSSR count). The van der Waals surface area contributed by atoms with Gasteiger partial charge < -0.3 is 49.6 Å². The standard InChI is InChI=1S/C32H50O13/c1-9-10-15(2)28-30(7,45-28)26(37)20-13-43-29(39)24(36)25(42-8)19(6)23(35)18(5)22(34)16(3)11-17(4)32(41)12-21(33)31(40,14-44-32)27(20)38/h9-11,15,17-22,24-26,28,33-34,36-37,40-41H,12-14H2,1-8H3/b10-9-,16-11-/t15-,17-,18+,19+,20+,21-,22-,24+,25-,26+,28+,30+,31-,32-/m0/s1. The molecule has 0 aliphatic carbocycles. The van der Waals surface area contributed by atoms with Gasteiger partial charge >= 0.3 is 5.97 Å². The van der Waals surface area contributed by atoms with Gasteiger partial charge in [-0.2, -0.15) is 0 Å². The summed E-state index contributed by atoms with van der Waals surface area (Å²) in [6, 6.07) is 0. The van der Waals surface area contributed by atoms with Crippen LogP contribution >= 0.6 is 0 Å². The Morgan fingerprint density at radius 2 is 1.69 bits per heavy atom. The lowest BCUT2D eigenvalue weighted by Gasteiger charge is -2.46. The maximum atomic E-state index is 14.0.